The molecule has 31 heavy (non-hydrogen) atoms. The first-order valence-electron chi connectivity index (χ1n) is 10.6. The molecule has 4 aromatic rings. The van der Waals surface area contributed by atoms with E-state index in [-0.39, 0.29) is 5.91 Å². The lowest BCUT2D eigenvalue weighted by atomic mass is 9.98. The molecule has 0 bridgehead atoms. The van der Waals surface area contributed by atoms with Gasteiger partial charge in [0.2, 0.25) is 5.91 Å². The number of hydrogen-bond acceptors (Lipinski definition) is 6. The minimum Gasteiger partial charge on any atom is -0.468 e. The van der Waals surface area contributed by atoms with Gasteiger partial charge < -0.3 is 13.7 Å². The largest absolute Gasteiger partial charge is 0.468 e. The van der Waals surface area contributed by atoms with Gasteiger partial charge in [-0.2, -0.15) is 0 Å². The number of fused-ring (bicyclic) bond motifs is 1. The third-order valence-corrected chi connectivity index (χ3v) is 6.91. The number of aromatic nitrogens is 1. The van der Waals surface area contributed by atoms with Crippen LogP contribution >= 0.6 is 11.3 Å². The summed E-state index contributed by atoms with van der Waals surface area (Å²) in [6, 6.07) is 15.9. The summed E-state index contributed by atoms with van der Waals surface area (Å²) in [5.41, 5.74) is 1.05. The number of carbonyl (C=O) groups is 1. The Hall–Kier alpha value is -2.90. The smallest absolute Gasteiger partial charge is 0.236 e. The van der Waals surface area contributed by atoms with Crippen LogP contribution < -0.4 is 0 Å². The molecule has 6 nitrogen and oxygen atoms in total. The Kier molecular flexibility index (Phi) is 5.86. The van der Waals surface area contributed by atoms with Crippen molar-refractivity contribution in [1.29, 1.82) is 0 Å². The molecule has 0 spiro atoms. The van der Waals surface area contributed by atoms with Gasteiger partial charge in [0, 0.05) is 19.0 Å². The molecule has 0 aliphatic carbocycles. The van der Waals surface area contributed by atoms with E-state index in [1.807, 2.05) is 41.3 Å². The van der Waals surface area contributed by atoms with E-state index in [9.17, 15) is 4.79 Å². The highest BCUT2D eigenvalue weighted by Crippen LogP contribution is 2.33. The molecule has 0 N–H and O–H groups in total. The van der Waals surface area contributed by atoms with E-state index in [0.29, 0.717) is 25.6 Å². The van der Waals surface area contributed by atoms with Crippen LogP contribution in [0.1, 0.15) is 35.3 Å². The second-order valence-corrected chi connectivity index (χ2v) is 9.06. The van der Waals surface area contributed by atoms with Crippen LogP contribution in [0.15, 0.2) is 69.9 Å². The molecule has 7 heteroatoms. The topological polar surface area (TPSA) is 62.7 Å². The van der Waals surface area contributed by atoms with E-state index in [0.717, 1.165) is 48.0 Å². The molecule has 3 aromatic heterocycles. The van der Waals surface area contributed by atoms with E-state index in [1.165, 1.54) is 4.70 Å². The standard InChI is InChI=1S/C24H25N3O3S/c28-23(17-26(15-19-7-4-12-29-19)16-20-8-5-13-30-20)27-11-3-6-18(14-27)24-25-21-9-1-2-10-22(21)31-24/h1-2,4-5,7-10,12-13,18H,3,6,11,14-17H2/t18-/m0/s1. The van der Waals surface area contributed by atoms with Crippen LogP contribution in [0, 0.1) is 0 Å². The Labute approximate surface area is 185 Å². The van der Waals surface area contributed by atoms with Crippen molar-refractivity contribution < 1.29 is 13.6 Å². The van der Waals surface area contributed by atoms with Crippen molar-refractivity contribution in [3.63, 3.8) is 0 Å². The summed E-state index contributed by atoms with van der Waals surface area (Å²) >= 11 is 1.75. The highest BCUT2D eigenvalue weighted by molar-refractivity contribution is 7.18. The number of likely N-dealkylation sites (tertiary alicyclic amines) is 1. The minimum atomic E-state index is 0.143. The molecule has 4 heterocycles. The molecule has 5 rings (SSSR count). The quantitative estimate of drug-likeness (QED) is 0.414. The SMILES string of the molecule is O=C(CN(Cc1ccco1)Cc1ccco1)N1CCC[C@H](c2nc3ccccc3s2)C1. The van der Waals surface area contributed by atoms with Crippen molar-refractivity contribution in [3.05, 3.63) is 77.6 Å². The lowest BCUT2D eigenvalue weighted by Crippen LogP contribution is -2.44. The normalized spacial score (nSPS) is 16.9. The van der Waals surface area contributed by atoms with Crippen LogP contribution in [0.2, 0.25) is 0 Å². The van der Waals surface area contributed by atoms with Crippen LogP contribution in [0.25, 0.3) is 10.2 Å². The number of furan rings is 2. The summed E-state index contributed by atoms with van der Waals surface area (Å²) < 4.78 is 12.2. The maximum absolute atomic E-state index is 13.2. The fraction of sp³-hybridized carbons (Fsp3) is 0.333. The molecule has 0 unspecified atom stereocenters. The maximum atomic E-state index is 13.2. The third-order valence-electron chi connectivity index (χ3n) is 5.71. The fourth-order valence-electron chi connectivity index (χ4n) is 4.17. The summed E-state index contributed by atoms with van der Waals surface area (Å²) in [5, 5.41) is 1.14. The first-order chi connectivity index (χ1) is 15.2. The summed E-state index contributed by atoms with van der Waals surface area (Å²) in [6.45, 7) is 2.99. The summed E-state index contributed by atoms with van der Waals surface area (Å²) in [5.74, 6) is 2.12. The number of benzene rings is 1. The van der Waals surface area contributed by atoms with Gasteiger partial charge in [0.1, 0.15) is 11.5 Å². The number of piperidine rings is 1. The molecule has 1 fully saturated rings. The van der Waals surface area contributed by atoms with Gasteiger partial charge in [-0.3, -0.25) is 9.69 Å². The zero-order valence-electron chi connectivity index (χ0n) is 17.3. The van der Waals surface area contributed by atoms with Crippen molar-refractivity contribution in [2.75, 3.05) is 19.6 Å². The summed E-state index contributed by atoms with van der Waals surface area (Å²) in [4.78, 5) is 22.1. The van der Waals surface area contributed by atoms with E-state index in [1.54, 1.807) is 23.9 Å². The second-order valence-electron chi connectivity index (χ2n) is 8.00. The molecule has 0 radical (unpaired) electrons. The monoisotopic (exact) mass is 435 g/mol. The van der Waals surface area contributed by atoms with Crippen molar-refractivity contribution in [2.24, 2.45) is 0 Å². The predicted octanol–water partition coefficient (Wildman–Crippen LogP) is 4.89. The lowest BCUT2D eigenvalue weighted by molar-refractivity contribution is -0.134. The number of rotatable bonds is 7. The number of carbonyl (C=O) groups excluding carboxylic acids is 1. The van der Waals surface area contributed by atoms with Gasteiger partial charge in [0.15, 0.2) is 0 Å². The molecule has 1 aliphatic rings. The summed E-state index contributed by atoms with van der Waals surface area (Å²) in [7, 11) is 0. The highest BCUT2D eigenvalue weighted by atomic mass is 32.1. The zero-order chi connectivity index (χ0) is 21.0. The molecular weight excluding hydrogens is 410 g/mol. The zero-order valence-corrected chi connectivity index (χ0v) is 18.1. The Balaban J connectivity index is 1.27. The maximum Gasteiger partial charge on any atom is 0.236 e. The van der Waals surface area contributed by atoms with Gasteiger partial charge in [-0.05, 0) is 49.2 Å². The van der Waals surface area contributed by atoms with E-state index < -0.39 is 0 Å². The van der Waals surface area contributed by atoms with Crippen LogP contribution in [0.4, 0.5) is 0 Å². The van der Waals surface area contributed by atoms with Crippen molar-refractivity contribution >= 4 is 27.5 Å². The first kappa shape index (κ1) is 20.0. The molecule has 1 aliphatic heterocycles. The molecule has 1 aromatic carbocycles. The third kappa shape index (κ3) is 4.73. The van der Waals surface area contributed by atoms with E-state index in [4.69, 9.17) is 13.8 Å². The average molecular weight is 436 g/mol. The molecule has 0 saturated carbocycles. The number of para-hydroxylation sites is 1. The number of nitrogens with zero attached hydrogens (tertiary/aromatic N) is 3. The summed E-state index contributed by atoms with van der Waals surface area (Å²) in [6.07, 6.45) is 5.40. The fourth-order valence-corrected chi connectivity index (χ4v) is 5.27. The Morgan fingerprint density at radius 3 is 2.48 bits per heavy atom. The molecule has 1 amide bonds. The number of thiazole rings is 1. The second kappa shape index (κ2) is 9.08. The van der Waals surface area contributed by atoms with Gasteiger partial charge >= 0.3 is 0 Å². The Bertz CT molecular complexity index is 1050. The Morgan fingerprint density at radius 2 is 1.81 bits per heavy atom. The van der Waals surface area contributed by atoms with Gasteiger partial charge in [-0.15, -0.1) is 11.3 Å². The van der Waals surface area contributed by atoms with Gasteiger partial charge in [-0.25, -0.2) is 4.98 Å². The van der Waals surface area contributed by atoms with Crippen molar-refractivity contribution in [2.45, 2.75) is 31.8 Å². The minimum absolute atomic E-state index is 0.143. The van der Waals surface area contributed by atoms with E-state index >= 15 is 0 Å². The molecular formula is C24H25N3O3S. The van der Waals surface area contributed by atoms with Gasteiger partial charge in [0.05, 0.1) is 47.4 Å². The Morgan fingerprint density at radius 1 is 1.06 bits per heavy atom. The first-order valence-corrected chi connectivity index (χ1v) is 11.5. The lowest BCUT2D eigenvalue weighted by Gasteiger charge is -2.33. The number of amides is 1. The van der Waals surface area contributed by atoms with Crippen LogP contribution in [-0.2, 0) is 17.9 Å². The molecule has 1 saturated heterocycles. The van der Waals surface area contributed by atoms with E-state index in [2.05, 4.69) is 17.0 Å². The van der Waals surface area contributed by atoms with Gasteiger partial charge in [0.25, 0.3) is 0 Å². The highest BCUT2D eigenvalue weighted by Gasteiger charge is 2.28. The predicted molar refractivity (Wildman–Crippen MR) is 120 cm³/mol. The van der Waals surface area contributed by atoms with Crippen LogP contribution in [0.3, 0.4) is 0 Å². The van der Waals surface area contributed by atoms with Crippen molar-refractivity contribution in [1.82, 2.24) is 14.8 Å². The number of hydrogen-bond donors (Lipinski definition) is 0. The van der Waals surface area contributed by atoms with Gasteiger partial charge in [-0.1, -0.05) is 12.1 Å². The van der Waals surface area contributed by atoms with Crippen molar-refractivity contribution in [3.8, 4) is 0 Å². The van der Waals surface area contributed by atoms with Crippen LogP contribution in [-0.4, -0.2) is 40.3 Å². The van der Waals surface area contributed by atoms with Crippen LogP contribution in [0.5, 0.6) is 0 Å². The molecule has 1 atom stereocenters. The molecule has 160 valence electrons. The average Bonchev–Trinajstić information content (AvgIpc) is 3.55.